The van der Waals surface area contributed by atoms with E-state index in [4.69, 9.17) is 0 Å². The second-order valence-corrected chi connectivity index (χ2v) is 7.03. The molecule has 0 amide bonds. The molecular weight excluding hydrogens is 198 g/mol. The van der Waals surface area contributed by atoms with E-state index in [0.717, 1.165) is 31.8 Å². The predicted octanol–water partition coefficient (Wildman–Crippen LogP) is 0.811. The zero-order valence-corrected chi connectivity index (χ0v) is 9.57. The maximum Gasteiger partial charge on any atom is 0.150 e. The minimum Gasteiger partial charge on any atom is -0.317 e. The summed E-state index contributed by atoms with van der Waals surface area (Å²) in [5.74, 6) is 1.60. The molecule has 1 spiro atoms. The average Bonchev–Trinajstić information content (AvgIpc) is 2.82. The Kier molecular flexibility index (Phi) is 2.60. The molecule has 82 valence electrons. The topological polar surface area (TPSA) is 46.2 Å². The van der Waals surface area contributed by atoms with Gasteiger partial charge in [-0.1, -0.05) is 6.92 Å². The zero-order chi connectivity index (χ0) is 10.2. The van der Waals surface area contributed by atoms with E-state index in [1.807, 2.05) is 0 Å². The van der Waals surface area contributed by atoms with E-state index in [9.17, 15) is 8.42 Å². The first-order valence-electron chi connectivity index (χ1n) is 5.49. The molecule has 2 rings (SSSR count). The van der Waals surface area contributed by atoms with E-state index >= 15 is 0 Å². The second-order valence-electron chi connectivity index (χ2n) is 4.72. The Bertz CT molecular complexity index is 296. The molecule has 1 aliphatic heterocycles. The van der Waals surface area contributed by atoms with Crippen molar-refractivity contribution in [2.45, 2.75) is 26.2 Å². The highest BCUT2D eigenvalue weighted by Gasteiger charge is 2.55. The molecular formula is C10H19NO2S. The number of rotatable bonds is 3. The van der Waals surface area contributed by atoms with Crippen LogP contribution in [0.4, 0.5) is 0 Å². The Morgan fingerprint density at radius 2 is 2.00 bits per heavy atom. The molecule has 0 aromatic carbocycles. The largest absolute Gasteiger partial charge is 0.317 e. The third-order valence-electron chi connectivity index (χ3n) is 3.82. The van der Waals surface area contributed by atoms with Gasteiger partial charge in [-0.05, 0) is 43.7 Å². The van der Waals surface area contributed by atoms with E-state index < -0.39 is 9.84 Å². The molecule has 2 fully saturated rings. The lowest BCUT2D eigenvalue weighted by molar-refractivity contribution is 0.396. The van der Waals surface area contributed by atoms with Crippen molar-refractivity contribution in [1.29, 1.82) is 0 Å². The van der Waals surface area contributed by atoms with Gasteiger partial charge >= 0.3 is 0 Å². The Morgan fingerprint density at radius 1 is 1.36 bits per heavy atom. The molecule has 1 saturated heterocycles. The van der Waals surface area contributed by atoms with Crippen molar-refractivity contribution in [2.24, 2.45) is 11.3 Å². The van der Waals surface area contributed by atoms with Gasteiger partial charge in [-0.15, -0.1) is 0 Å². The monoisotopic (exact) mass is 217 g/mol. The van der Waals surface area contributed by atoms with E-state index in [1.165, 1.54) is 6.42 Å². The lowest BCUT2D eigenvalue weighted by Crippen LogP contribution is -2.28. The van der Waals surface area contributed by atoms with Crippen LogP contribution < -0.4 is 5.32 Å². The summed E-state index contributed by atoms with van der Waals surface area (Å²) in [4.78, 5) is 0. The standard InChI is InChI=1S/C10H19NO2S/c1-2-11-8-9-7-10(9)3-5-14(12,13)6-4-10/h9,11H,2-8H2,1H3. The van der Waals surface area contributed by atoms with E-state index in [2.05, 4.69) is 12.2 Å². The average molecular weight is 217 g/mol. The molecule has 0 aromatic heterocycles. The van der Waals surface area contributed by atoms with Crippen LogP contribution in [0, 0.1) is 11.3 Å². The van der Waals surface area contributed by atoms with Crippen LogP contribution in [0.2, 0.25) is 0 Å². The number of hydrogen-bond donors (Lipinski definition) is 1. The summed E-state index contributed by atoms with van der Waals surface area (Å²) >= 11 is 0. The number of hydrogen-bond acceptors (Lipinski definition) is 3. The molecule has 1 aliphatic carbocycles. The van der Waals surface area contributed by atoms with Crippen molar-refractivity contribution in [3.05, 3.63) is 0 Å². The molecule has 2 aliphatic rings. The van der Waals surface area contributed by atoms with Crippen molar-refractivity contribution >= 4 is 9.84 Å². The molecule has 1 N–H and O–H groups in total. The summed E-state index contributed by atoms with van der Waals surface area (Å²) in [7, 11) is -2.68. The van der Waals surface area contributed by atoms with Crippen LogP contribution in [-0.2, 0) is 9.84 Å². The fraction of sp³-hybridized carbons (Fsp3) is 1.00. The minimum absolute atomic E-state index is 0.410. The lowest BCUT2D eigenvalue weighted by atomic mass is 9.96. The van der Waals surface area contributed by atoms with Crippen molar-refractivity contribution < 1.29 is 8.42 Å². The Balaban J connectivity index is 1.85. The maximum atomic E-state index is 11.3. The van der Waals surface area contributed by atoms with Gasteiger partial charge in [0.2, 0.25) is 0 Å². The molecule has 3 nitrogen and oxygen atoms in total. The summed E-state index contributed by atoms with van der Waals surface area (Å²) in [6, 6.07) is 0. The SMILES string of the molecule is CCNCC1CC12CCS(=O)(=O)CC2. The van der Waals surface area contributed by atoms with Crippen molar-refractivity contribution in [3.8, 4) is 0 Å². The van der Waals surface area contributed by atoms with Crippen LogP contribution in [0.1, 0.15) is 26.2 Å². The maximum absolute atomic E-state index is 11.3. The van der Waals surface area contributed by atoms with Gasteiger partial charge in [0.1, 0.15) is 9.84 Å². The molecule has 1 saturated carbocycles. The Morgan fingerprint density at radius 3 is 2.57 bits per heavy atom. The van der Waals surface area contributed by atoms with Gasteiger partial charge in [-0.2, -0.15) is 0 Å². The highest BCUT2D eigenvalue weighted by molar-refractivity contribution is 7.91. The highest BCUT2D eigenvalue weighted by atomic mass is 32.2. The van der Waals surface area contributed by atoms with Gasteiger partial charge in [0, 0.05) is 0 Å². The first-order valence-corrected chi connectivity index (χ1v) is 7.31. The predicted molar refractivity (Wildman–Crippen MR) is 57.0 cm³/mol. The summed E-state index contributed by atoms with van der Waals surface area (Å²) in [5, 5.41) is 3.35. The Hall–Kier alpha value is -0.0900. The molecule has 0 bridgehead atoms. The molecule has 0 radical (unpaired) electrons. The van der Waals surface area contributed by atoms with Crippen molar-refractivity contribution in [3.63, 3.8) is 0 Å². The fourth-order valence-corrected chi connectivity index (χ4v) is 4.24. The molecule has 14 heavy (non-hydrogen) atoms. The number of nitrogens with one attached hydrogen (secondary N) is 1. The summed E-state index contributed by atoms with van der Waals surface area (Å²) in [6.07, 6.45) is 3.06. The van der Waals surface area contributed by atoms with Gasteiger partial charge < -0.3 is 5.32 Å². The van der Waals surface area contributed by atoms with E-state index in [-0.39, 0.29) is 0 Å². The normalized spacial score (nSPS) is 33.1. The summed E-state index contributed by atoms with van der Waals surface area (Å²) < 4.78 is 22.5. The minimum atomic E-state index is -2.68. The highest BCUT2D eigenvalue weighted by Crippen LogP contribution is 2.59. The first kappa shape index (κ1) is 10.4. The van der Waals surface area contributed by atoms with Gasteiger partial charge in [-0.3, -0.25) is 0 Å². The second kappa shape index (κ2) is 3.49. The summed E-state index contributed by atoms with van der Waals surface area (Å²) in [5.41, 5.74) is 0.410. The third-order valence-corrected chi connectivity index (χ3v) is 5.47. The molecule has 1 atom stereocenters. The van der Waals surface area contributed by atoms with Gasteiger partial charge in [0.25, 0.3) is 0 Å². The van der Waals surface area contributed by atoms with E-state index in [0.29, 0.717) is 16.9 Å². The van der Waals surface area contributed by atoms with Crippen LogP contribution in [0.25, 0.3) is 0 Å². The molecule has 0 aromatic rings. The van der Waals surface area contributed by atoms with Crippen molar-refractivity contribution in [1.82, 2.24) is 5.32 Å². The van der Waals surface area contributed by atoms with E-state index in [1.54, 1.807) is 0 Å². The number of sulfone groups is 1. The zero-order valence-electron chi connectivity index (χ0n) is 8.75. The van der Waals surface area contributed by atoms with Gasteiger partial charge in [0.05, 0.1) is 11.5 Å². The molecule has 1 unspecified atom stereocenters. The van der Waals surface area contributed by atoms with Crippen LogP contribution in [0.3, 0.4) is 0 Å². The van der Waals surface area contributed by atoms with Crippen LogP contribution in [-0.4, -0.2) is 33.0 Å². The van der Waals surface area contributed by atoms with Crippen molar-refractivity contribution in [2.75, 3.05) is 24.6 Å². The molecule has 1 heterocycles. The van der Waals surface area contributed by atoms with Crippen LogP contribution in [0.15, 0.2) is 0 Å². The third kappa shape index (κ3) is 1.96. The lowest BCUT2D eigenvalue weighted by Gasteiger charge is -2.22. The fourth-order valence-electron chi connectivity index (χ4n) is 2.60. The van der Waals surface area contributed by atoms with Crippen LogP contribution in [0.5, 0.6) is 0 Å². The quantitative estimate of drug-likeness (QED) is 0.761. The van der Waals surface area contributed by atoms with Gasteiger partial charge in [0.15, 0.2) is 0 Å². The smallest absolute Gasteiger partial charge is 0.150 e. The van der Waals surface area contributed by atoms with Crippen LogP contribution >= 0.6 is 0 Å². The molecule has 4 heteroatoms. The van der Waals surface area contributed by atoms with Gasteiger partial charge in [-0.25, -0.2) is 8.42 Å². The summed E-state index contributed by atoms with van der Waals surface area (Å²) in [6.45, 7) is 4.21. The Labute approximate surface area is 86.2 Å². The first-order chi connectivity index (χ1) is 6.58.